The molecule has 190 valence electrons. The molecule has 35 heavy (non-hydrogen) atoms. The van der Waals surface area contributed by atoms with Gasteiger partial charge in [-0.1, -0.05) is 63.2 Å². The number of benzene rings is 2. The average molecular weight is 520 g/mol. The number of rotatable bonds is 10. The third-order valence-corrected chi connectivity index (χ3v) is 12.9. The second-order valence-electron chi connectivity index (χ2n) is 10.4. The van der Waals surface area contributed by atoms with E-state index in [1.165, 1.54) is 18.2 Å². The van der Waals surface area contributed by atoms with Crippen LogP contribution in [0.4, 0.5) is 5.69 Å². The molecule has 3 rings (SSSR count). The molecular weight excluding hydrogens is 486 g/mol. The van der Waals surface area contributed by atoms with E-state index in [0.29, 0.717) is 13.2 Å². The Labute approximate surface area is 207 Å². The molecule has 1 saturated heterocycles. The van der Waals surface area contributed by atoms with Crippen molar-refractivity contribution in [3.8, 4) is 0 Å². The van der Waals surface area contributed by atoms with Gasteiger partial charge in [-0.15, -0.1) is 0 Å². The van der Waals surface area contributed by atoms with Crippen LogP contribution >= 0.6 is 0 Å². The predicted molar refractivity (Wildman–Crippen MR) is 136 cm³/mol. The average Bonchev–Trinajstić information content (AvgIpc) is 2.77. The summed E-state index contributed by atoms with van der Waals surface area (Å²) >= 11 is 0. The Balaban J connectivity index is 1.83. The molecule has 1 unspecified atom stereocenters. The zero-order valence-corrected chi connectivity index (χ0v) is 22.6. The number of sulfonamides is 1. The Hall–Kier alpha value is -2.60. The second kappa shape index (κ2) is 9.80. The van der Waals surface area contributed by atoms with E-state index in [9.17, 15) is 23.3 Å². The lowest BCUT2D eigenvalue weighted by molar-refractivity contribution is -0.387. The summed E-state index contributed by atoms with van der Waals surface area (Å²) in [6.45, 7) is 11.5. The molecule has 11 heteroatoms. The molecule has 2 aromatic rings. The van der Waals surface area contributed by atoms with Crippen molar-refractivity contribution in [3.63, 3.8) is 0 Å². The number of likely N-dealkylation sites (tertiary alicyclic amines) is 1. The van der Waals surface area contributed by atoms with Crippen LogP contribution in [0.15, 0.2) is 59.5 Å². The third kappa shape index (κ3) is 5.80. The van der Waals surface area contributed by atoms with E-state index in [1.807, 2.05) is 30.3 Å². The van der Waals surface area contributed by atoms with Gasteiger partial charge in [0.2, 0.25) is 15.9 Å². The number of amides is 1. The van der Waals surface area contributed by atoms with Crippen LogP contribution in [0, 0.1) is 10.1 Å². The molecule has 9 nitrogen and oxygen atoms in total. The number of para-hydroxylation sites is 1. The summed E-state index contributed by atoms with van der Waals surface area (Å²) in [5, 5.41) is 11.5. The van der Waals surface area contributed by atoms with Crippen molar-refractivity contribution in [2.24, 2.45) is 0 Å². The van der Waals surface area contributed by atoms with E-state index in [2.05, 4.69) is 38.6 Å². The summed E-state index contributed by atoms with van der Waals surface area (Å²) in [7, 11) is -6.35. The molecule has 0 aliphatic carbocycles. The molecule has 0 saturated carbocycles. The van der Waals surface area contributed by atoms with E-state index in [-0.39, 0.29) is 23.9 Å². The van der Waals surface area contributed by atoms with Crippen molar-refractivity contribution in [1.29, 1.82) is 0 Å². The minimum atomic E-state index is -4.36. The lowest BCUT2D eigenvalue weighted by Gasteiger charge is -2.49. The number of nitro groups is 1. The molecule has 1 aliphatic heterocycles. The summed E-state index contributed by atoms with van der Waals surface area (Å²) < 4.78 is 35.2. The SMILES string of the molecule is CC(C)(C)[Si](C)(C)OCCN1CC(Cc2ccccc2)(NS(=O)(=O)c2ccccc2[N+](=O)[O-])C1=O. The van der Waals surface area contributed by atoms with E-state index in [1.54, 1.807) is 4.90 Å². The molecule has 0 bridgehead atoms. The van der Waals surface area contributed by atoms with E-state index >= 15 is 0 Å². The van der Waals surface area contributed by atoms with Crippen LogP contribution in [0.3, 0.4) is 0 Å². The monoisotopic (exact) mass is 519 g/mol. The first kappa shape index (κ1) is 27.0. The highest BCUT2D eigenvalue weighted by Crippen LogP contribution is 2.37. The first-order chi connectivity index (χ1) is 16.2. The Kier molecular flexibility index (Phi) is 7.56. The maximum atomic E-state index is 13.4. The van der Waals surface area contributed by atoms with Crippen molar-refractivity contribution >= 4 is 29.9 Å². The van der Waals surface area contributed by atoms with Crippen LogP contribution in [0.25, 0.3) is 0 Å². The number of nitrogens with one attached hydrogen (secondary N) is 1. The van der Waals surface area contributed by atoms with Crippen molar-refractivity contribution < 1.29 is 22.6 Å². The molecule has 1 amide bonds. The van der Waals surface area contributed by atoms with Gasteiger partial charge in [0.15, 0.2) is 13.2 Å². The lowest BCUT2D eigenvalue weighted by Crippen LogP contribution is -2.75. The van der Waals surface area contributed by atoms with Gasteiger partial charge < -0.3 is 9.33 Å². The number of hydrogen-bond acceptors (Lipinski definition) is 6. The maximum absolute atomic E-state index is 13.4. The van der Waals surface area contributed by atoms with Gasteiger partial charge in [0.25, 0.3) is 5.69 Å². The van der Waals surface area contributed by atoms with Crippen LogP contribution < -0.4 is 4.72 Å². The lowest BCUT2D eigenvalue weighted by atomic mass is 9.83. The van der Waals surface area contributed by atoms with Gasteiger partial charge in [0, 0.05) is 25.6 Å². The molecule has 1 N–H and O–H groups in total. The minimum absolute atomic E-state index is 0.0308. The van der Waals surface area contributed by atoms with Gasteiger partial charge in [0.05, 0.1) is 11.5 Å². The first-order valence-electron chi connectivity index (χ1n) is 11.4. The normalized spacial score (nSPS) is 18.9. The summed E-state index contributed by atoms with van der Waals surface area (Å²) in [6.07, 6.45) is 0.131. The zero-order valence-electron chi connectivity index (χ0n) is 20.8. The fourth-order valence-corrected chi connectivity index (χ4v) is 6.38. The largest absolute Gasteiger partial charge is 0.415 e. The maximum Gasteiger partial charge on any atom is 0.289 e. The van der Waals surface area contributed by atoms with Crippen LogP contribution in [0.5, 0.6) is 0 Å². The molecule has 0 spiro atoms. The summed E-state index contributed by atoms with van der Waals surface area (Å²) in [4.78, 5) is 25.2. The van der Waals surface area contributed by atoms with E-state index < -0.39 is 39.4 Å². The standard InChI is InChI=1S/C24H33N3O6SSi/c1-23(2,3)35(4,5)33-16-15-26-18-24(22(26)28,17-19-11-7-6-8-12-19)25-34(31,32)21-14-10-9-13-20(21)27(29)30/h6-14,25H,15-18H2,1-5H3. The second-order valence-corrected chi connectivity index (χ2v) is 16.9. The van der Waals surface area contributed by atoms with Gasteiger partial charge in [-0.3, -0.25) is 14.9 Å². The summed E-state index contributed by atoms with van der Waals surface area (Å²) in [5.41, 5.74) is -1.19. The van der Waals surface area contributed by atoms with Crippen molar-refractivity contribution in [3.05, 3.63) is 70.3 Å². The Morgan fingerprint density at radius 3 is 2.29 bits per heavy atom. The predicted octanol–water partition coefficient (Wildman–Crippen LogP) is 3.72. The first-order valence-corrected chi connectivity index (χ1v) is 15.8. The number of β-lactam (4-membered cyclic amide) rings is 1. The third-order valence-electron chi connectivity index (χ3n) is 6.82. The highest BCUT2D eigenvalue weighted by atomic mass is 32.2. The van der Waals surface area contributed by atoms with Crippen molar-refractivity contribution in [1.82, 2.24) is 9.62 Å². The van der Waals surface area contributed by atoms with Gasteiger partial charge in [-0.25, -0.2) is 8.42 Å². The number of nitro benzene ring substituents is 1. The number of nitrogens with zero attached hydrogens (tertiary/aromatic N) is 2. The van der Waals surface area contributed by atoms with Crippen LogP contribution in [0.2, 0.25) is 18.1 Å². The smallest absolute Gasteiger partial charge is 0.289 e. The van der Waals surface area contributed by atoms with Crippen molar-refractivity contribution in [2.45, 2.75) is 55.8 Å². The van der Waals surface area contributed by atoms with E-state index in [0.717, 1.165) is 11.6 Å². The highest BCUT2D eigenvalue weighted by Gasteiger charge is 2.54. The molecule has 1 fully saturated rings. The van der Waals surface area contributed by atoms with Gasteiger partial charge >= 0.3 is 0 Å². The molecule has 1 atom stereocenters. The molecule has 1 heterocycles. The Bertz CT molecular complexity index is 1200. The summed E-state index contributed by atoms with van der Waals surface area (Å²) in [6, 6.07) is 14.2. The van der Waals surface area contributed by atoms with Crippen LogP contribution in [-0.2, 0) is 25.7 Å². The van der Waals surface area contributed by atoms with Crippen molar-refractivity contribution in [2.75, 3.05) is 19.7 Å². The highest BCUT2D eigenvalue weighted by molar-refractivity contribution is 7.89. The fraction of sp³-hybridized carbons (Fsp3) is 0.458. The molecule has 0 aromatic heterocycles. The van der Waals surface area contributed by atoms with E-state index in [4.69, 9.17) is 4.43 Å². The zero-order chi connectivity index (χ0) is 26.1. The summed E-state index contributed by atoms with van der Waals surface area (Å²) in [5.74, 6) is -0.373. The fourth-order valence-electron chi connectivity index (χ4n) is 3.82. The molecule has 1 aliphatic rings. The Morgan fingerprint density at radius 2 is 1.71 bits per heavy atom. The number of carbonyl (C=O) groups excluding carboxylic acids is 1. The van der Waals surface area contributed by atoms with Crippen LogP contribution in [0.1, 0.15) is 26.3 Å². The van der Waals surface area contributed by atoms with Gasteiger partial charge in [-0.2, -0.15) is 4.72 Å². The van der Waals surface area contributed by atoms with Gasteiger partial charge in [-0.05, 0) is 29.8 Å². The molecule has 2 aromatic carbocycles. The number of hydrogen-bond donors (Lipinski definition) is 1. The number of carbonyl (C=O) groups is 1. The topological polar surface area (TPSA) is 119 Å². The Morgan fingerprint density at radius 1 is 1.11 bits per heavy atom. The molecular formula is C24H33N3O6SSi. The minimum Gasteiger partial charge on any atom is -0.415 e. The van der Waals surface area contributed by atoms with Crippen LogP contribution in [-0.4, -0.2) is 57.7 Å². The quantitative estimate of drug-likeness (QED) is 0.221. The molecule has 0 radical (unpaired) electrons. The van der Waals surface area contributed by atoms with Gasteiger partial charge in [0.1, 0.15) is 5.54 Å².